The van der Waals surface area contributed by atoms with Crippen molar-refractivity contribution in [1.82, 2.24) is 9.97 Å². The van der Waals surface area contributed by atoms with E-state index < -0.39 is 0 Å². The summed E-state index contributed by atoms with van der Waals surface area (Å²) in [5.41, 5.74) is 9.91. The number of halogens is 1. The molecule has 246 valence electrons. The van der Waals surface area contributed by atoms with Crippen LogP contribution in [0.5, 0.6) is 0 Å². The van der Waals surface area contributed by atoms with Gasteiger partial charge in [0, 0.05) is 28.2 Å². The number of rotatable bonds is 6. The zero-order chi connectivity index (χ0) is 34.6. The number of thiazole rings is 1. The molecule has 0 aliphatic carbocycles. The van der Waals surface area contributed by atoms with Crippen molar-refractivity contribution >= 4 is 71.3 Å². The molecule has 10 aromatic rings. The molecule has 0 amide bonds. The van der Waals surface area contributed by atoms with Crippen LogP contribution in [0, 0.1) is 5.82 Å². The third kappa shape index (κ3) is 5.46. The summed E-state index contributed by atoms with van der Waals surface area (Å²) in [7, 11) is 0. The molecule has 0 fully saturated rings. The molecule has 10 rings (SSSR count). The number of fused-ring (bicyclic) bond motifs is 4. The number of anilines is 3. The molecule has 4 nitrogen and oxygen atoms in total. The van der Waals surface area contributed by atoms with Crippen LogP contribution in [-0.2, 0) is 0 Å². The Hall–Kier alpha value is -6.63. The molecule has 0 spiro atoms. The van der Waals surface area contributed by atoms with E-state index in [9.17, 15) is 4.39 Å². The molecule has 0 radical (unpaired) electrons. The van der Waals surface area contributed by atoms with Crippen molar-refractivity contribution in [3.8, 4) is 33.2 Å². The molecule has 2 aromatic heterocycles. The van der Waals surface area contributed by atoms with Gasteiger partial charge in [-0.25, -0.2) is 14.4 Å². The first kappa shape index (κ1) is 30.2. The molecule has 0 N–H and O–H groups in total. The minimum Gasteiger partial charge on any atom is -0.436 e. The monoisotopic (exact) mass is 689 g/mol. The maximum absolute atomic E-state index is 13.8. The Morgan fingerprint density at radius 2 is 1.02 bits per heavy atom. The number of oxazole rings is 1. The van der Waals surface area contributed by atoms with Gasteiger partial charge in [-0.15, -0.1) is 11.3 Å². The van der Waals surface area contributed by atoms with Crippen LogP contribution in [0.4, 0.5) is 21.5 Å². The molecule has 2 heterocycles. The van der Waals surface area contributed by atoms with Crippen LogP contribution in [0.3, 0.4) is 0 Å². The molecule has 0 aliphatic rings. The summed E-state index contributed by atoms with van der Waals surface area (Å²) in [6.45, 7) is 0. The Morgan fingerprint density at radius 3 is 1.73 bits per heavy atom. The van der Waals surface area contributed by atoms with E-state index in [0.717, 1.165) is 82.5 Å². The van der Waals surface area contributed by atoms with Gasteiger partial charge in [0.05, 0.1) is 10.2 Å². The van der Waals surface area contributed by atoms with Crippen molar-refractivity contribution in [2.75, 3.05) is 4.90 Å². The third-order valence-corrected chi connectivity index (χ3v) is 10.6. The number of para-hydroxylation sites is 3. The van der Waals surface area contributed by atoms with E-state index >= 15 is 0 Å². The van der Waals surface area contributed by atoms with Crippen molar-refractivity contribution in [3.63, 3.8) is 0 Å². The van der Waals surface area contributed by atoms with E-state index in [0.29, 0.717) is 5.89 Å². The highest BCUT2D eigenvalue weighted by Crippen LogP contribution is 2.39. The van der Waals surface area contributed by atoms with Crippen molar-refractivity contribution in [2.45, 2.75) is 0 Å². The lowest BCUT2D eigenvalue weighted by atomic mass is 9.98. The third-order valence-electron chi connectivity index (χ3n) is 9.55. The second-order valence-electron chi connectivity index (χ2n) is 12.9. The molecule has 8 aromatic carbocycles. The van der Waals surface area contributed by atoms with Crippen LogP contribution in [0.2, 0.25) is 0 Å². The fourth-order valence-corrected chi connectivity index (χ4v) is 7.86. The number of hydrogen-bond donors (Lipinski definition) is 0. The van der Waals surface area contributed by atoms with Gasteiger partial charge in [-0.2, -0.15) is 0 Å². The minimum atomic E-state index is -0.223. The first-order valence-corrected chi connectivity index (χ1v) is 17.9. The van der Waals surface area contributed by atoms with E-state index in [-0.39, 0.29) is 5.82 Å². The van der Waals surface area contributed by atoms with E-state index in [1.54, 1.807) is 17.4 Å². The van der Waals surface area contributed by atoms with Crippen molar-refractivity contribution in [1.29, 1.82) is 0 Å². The molecule has 0 atom stereocenters. The molecule has 0 bridgehead atoms. The quantitative estimate of drug-likeness (QED) is 0.174. The zero-order valence-corrected chi connectivity index (χ0v) is 28.5. The van der Waals surface area contributed by atoms with E-state index in [1.165, 1.54) is 10.8 Å². The standard InChI is InChI=1S/C46H28FN3OS/c47-37-19-13-33-25-31(9-11-35(33)27-37)32-10-12-36-28-40(24-18-34(36)26-32)50(38-20-14-29(15-21-38)45-48-41-5-1-3-7-43(41)51-45)39-22-16-30(17-23-39)46-49-42-6-2-4-8-44(42)52-46/h1-28H. The summed E-state index contributed by atoms with van der Waals surface area (Å²) in [6, 6.07) is 57.3. The first-order valence-electron chi connectivity index (χ1n) is 17.1. The van der Waals surface area contributed by atoms with Crippen LogP contribution < -0.4 is 4.90 Å². The van der Waals surface area contributed by atoms with Crippen LogP contribution >= 0.6 is 11.3 Å². The van der Waals surface area contributed by atoms with Gasteiger partial charge in [-0.3, -0.25) is 0 Å². The second kappa shape index (κ2) is 12.3. The molecule has 52 heavy (non-hydrogen) atoms. The average molecular weight is 690 g/mol. The lowest BCUT2D eigenvalue weighted by molar-refractivity contribution is 0.620. The summed E-state index contributed by atoms with van der Waals surface area (Å²) < 4.78 is 21.0. The topological polar surface area (TPSA) is 42.2 Å². The van der Waals surface area contributed by atoms with Gasteiger partial charge in [-0.1, -0.05) is 60.7 Å². The van der Waals surface area contributed by atoms with Crippen LogP contribution in [0.1, 0.15) is 0 Å². The average Bonchev–Trinajstić information content (AvgIpc) is 3.83. The summed E-state index contributed by atoms with van der Waals surface area (Å²) in [4.78, 5) is 11.9. The fraction of sp³-hybridized carbons (Fsp3) is 0. The highest BCUT2D eigenvalue weighted by molar-refractivity contribution is 7.21. The Kier molecular flexibility index (Phi) is 7.15. The van der Waals surface area contributed by atoms with Crippen molar-refractivity contribution in [2.24, 2.45) is 0 Å². The van der Waals surface area contributed by atoms with Crippen molar-refractivity contribution < 1.29 is 8.81 Å². The predicted octanol–water partition coefficient (Wildman–Crippen LogP) is 13.4. The zero-order valence-electron chi connectivity index (χ0n) is 27.7. The summed E-state index contributed by atoms with van der Waals surface area (Å²) in [5.74, 6) is 0.374. The lowest BCUT2D eigenvalue weighted by Gasteiger charge is -2.26. The minimum absolute atomic E-state index is 0.223. The lowest BCUT2D eigenvalue weighted by Crippen LogP contribution is -2.09. The van der Waals surface area contributed by atoms with Crippen LogP contribution in [0.15, 0.2) is 174 Å². The van der Waals surface area contributed by atoms with Gasteiger partial charge < -0.3 is 9.32 Å². The highest BCUT2D eigenvalue weighted by Gasteiger charge is 2.16. The summed E-state index contributed by atoms with van der Waals surface area (Å²) in [5, 5.41) is 5.17. The number of aromatic nitrogens is 2. The largest absolute Gasteiger partial charge is 0.436 e. The highest BCUT2D eigenvalue weighted by atomic mass is 32.1. The van der Waals surface area contributed by atoms with Gasteiger partial charge in [0.15, 0.2) is 5.58 Å². The number of hydrogen-bond acceptors (Lipinski definition) is 5. The smallest absolute Gasteiger partial charge is 0.227 e. The van der Waals surface area contributed by atoms with Gasteiger partial charge in [0.1, 0.15) is 16.3 Å². The molecule has 0 saturated heterocycles. The molecule has 0 aliphatic heterocycles. The maximum atomic E-state index is 13.8. The summed E-state index contributed by atoms with van der Waals surface area (Å²) >= 11 is 1.71. The van der Waals surface area contributed by atoms with E-state index in [2.05, 4.69) is 120 Å². The molecule has 6 heteroatoms. The van der Waals surface area contributed by atoms with Gasteiger partial charge in [0.25, 0.3) is 0 Å². The Balaban J connectivity index is 1.03. The molecular formula is C46H28FN3OS. The predicted molar refractivity (Wildman–Crippen MR) is 213 cm³/mol. The van der Waals surface area contributed by atoms with Crippen LogP contribution in [0.25, 0.3) is 76.0 Å². The van der Waals surface area contributed by atoms with Gasteiger partial charge in [0.2, 0.25) is 5.89 Å². The molecular weight excluding hydrogens is 662 g/mol. The fourth-order valence-electron chi connectivity index (χ4n) is 6.89. The SMILES string of the molecule is Fc1ccc2cc(-c3ccc4cc(N(c5ccc(-c6nc7ccccc7o6)cc5)c5ccc(-c6nc7ccccc7s6)cc5)ccc4c3)ccc2c1. The van der Waals surface area contributed by atoms with E-state index in [1.807, 2.05) is 42.5 Å². The number of nitrogens with zero attached hydrogens (tertiary/aromatic N) is 3. The van der Waals surface area contributed by atoms with Gasteiger partial charge in [-0.05, 0) is 142 Å². The Morgan fingerprint density at radius 1 is 0.462 bits per heavy atom. The maximum Gasteiger partial charge on any atom is 0.227 e. The van der Waals surface area contributed by atoms with Gasteiger partial charge >= 0.3 is 0 Å². The Bertz CT molecular complexity index is 2750. The Labute approximate surface area is 302 Å². The molecule has 0 unspecified atom stereocenters. The normalized spacial score (nSPS) is 11.6. The summed E-state index contributed by atoms with van der Waals surface area (Å²) in [6.07, 6.45) is 0. The molecule has 0 saturated carbocycles. The van der Waals surface area contributed by atoms with Crippen LogP contribution in [-0.4, -0.2) is 9.97 Å². The van der Waals surface area contributed by atoms with Crippen molar-refractivity contribution in [3.05, 3.63) is 176 Å². The second-order valence-corrected chi connectivity index (χ2v) is 13.9. The number of benzene rings is 8. The van der Waals surface area contributed by atoms with E-state index in [4.69, 9.17) is 14.4 Å². The first-order chi connectivity index (χ1) is 25.6.